The van der Waals surface area contributed by atoms with E-state index in [0.29, 0.717) is 25.4 Å². The van der Waals surface area contributed by atoms with Crippen molar-refractivity contribution in [2.24, 2.45) is 4.99 Å². The number of esters is 1. The minimum atomic E-state index is -0.311. The van der Waals surface area contributed by atoms with Crippen molar-refractivity contribution in [2.45, 2.75) is 6.92 Å². The average molecular weight is 428 g/mol. The van der Waals surface area contributed by atoms with Crippen LogP contribution in [0.5, 0.6) is 11.5 Å². The van der Waals surface area contributed by atoms with Gasteiger partial charge in [-0.3, -0.25) is 0 Å². The van der Waals surface area contributed by atoms with Crippen molar-refractivity contribution in [1.29, 1.82) is 0 Å². The molecule has 0 N–H and O–H groups in total. The van der Waals surface area contributed by atoms with E-state index in [1.54, 1.807) is 19.1 Å². The van der Waals surface area contributed by atoms with Crippen LogP contribution in [0.2, 0.25) is 0 Å². The van der Waals surface area contributed by atoms with Gasteiger partial charge in [-0.05, 0) is 54.4 Å². The first-order chi connectivity index (χ1) is 15.7. The van der Waals surface area contributed by atoms with Gasteiger partial charge in [0.1, 0.15) is 17.3 Å². The highest BCUT2D eigenvalue weighted by molar-refractivity contribution is 6.04. The molecule has 32 heavy (non-hydrogen) atoms. The van der Waals surface area contributed by atoms with E-state index in [-0.39, 0.29) is 5.97 Å². The number of hydrogen-bond acceptors (Lipinski definition) is 6. The van der Waals surface area contributed by atoms with Crippen LogP contribution in [0.15, 0.2) is 71.7 Å². The van der Waals surface area contributed by atoms with Gasteiger partial charge < -0.3 is 19.1 Å². The molecule has 6 nitrogen and oxygen atoms in total. The minimum Gasteiger partial charge on any atom is -0.462 e. The second-order valence-corrected chi connectivity index (χ2v) is 7.61. The van der Waals surface area contributed by atoms with Gasteiger partial charge in [-0.25, -0.2) is 9.79 Å². The van der Waals surface area contributed by atoms with E-state index >= 15 is 0 Å². The Morgan fingerprint density at radius 1 is 0.969 bits per heavy atom. The van der Waals surface area contributed by atoms with Gasteiger partial charge in [-0.1, -0.05) is 30.3 Å². The summed E-state index contributed by atoms with van der Waals surface area (Å²) in [6.45, 7) is 5.06. The van der Waals surface area contributed by atoms with Crippen LogP contribution in [0.1, 0.15) is 22.8 Å². The summed E-state index contributed by atoms with van der Waals surface area (Å²) >= 11 is 0. The lowest BCUT2D eigenvalue weighted by Gasteiger charge is -2.30. The molecule has 0 atom stereocenters. The highest BCUT2D eigenvalue weighted by atomic mass is 16.5. The topological polar surface area (TPSA) is 60.4 Å². The first-order valence-corrected chi connectivity index (χ1v) is 10.8. The fourth-order valence-electron chi connectivity index (χ4n) is 3.93. The first kappa shape index (κ1) is 20.3. The molecule has 0 amide bonds. The van der Waals surface area contributed by atoms with Crippen LogP contribution < -0.4 is 4.74 Å². The van der Waals surface area contributed by atoms with E-state index in [4.69, 9.17) is 19.2 Å². The van der Waals surface area contributed by atoms with Crippen molar-refractivity contribution < 1.29 is 19.0 Å². The Labute approximate surface area is 187 Å². The molecule has 0 saturated carbocycles. The van der Waals surface area contributed by atoms with Crippen LogP contribution in [0.25, 0.3) is 11.1 Å². The van der Waals surface area contributed by atoms with Crippen LogP contribution in [0.4, 0.5) is 5.69 Å². The predicted molar refractivity (Wildman–Crippen MR) is 123 cm³/mol. The Bertz CT molecular complexity index is 1160. The maximum atomic E-state index is 12.0. The molecule has 1 fully saturated rings. The van der Waals surface area contributed by atoms with E-state index < -0.39 is 0 Å². The zero-order chi connectivity index (χ0) is 21.9. The molecule has 0 bridgehead atoms. The Morgan fingerprint density at radius 3 is 2.50 bits per heavy atom. The molecular weight excluding hydrogens is 404 g/mol. The molecule has 0 unspecified atom stereocenters. The van der Waals surface area contributed by atoms with Gasteiger partial charge >= 0.3 is 5.97 Å². The predicted octanol–water partition coefficient (Wildman–Crippen LogP) is 5.05. The summed E-state index contributed by atoms with van der Waals surface area (Å²) in [5.41, 5.74) is 4.32. The van der Waals surface area contributed by atoms with E-state index in [0.717, 1.165) is 52.8 Å². The summed E-state index contributed by atoms with van der Waals surface area (Å²) in [5.74, 6) is 2.09. The standard InChI is InChI=1S/C26H24N2O4/c1-2-31-26(29)19-9-7-18(8-10-19)20-11-12-23-21(17-20)25(28-13-15-30-16-14-28)27-22-5-3-4-6-24(22)32-23/h3-12,17H,2,13-16H2,1H3. The largest absolute Gasteiger partial charge is 0.462 e. The lowest BCUT2D eigenvalue weighted by atomic mass is 10.00. The van der Waals surface area contributed by atoms with Gasteiger partial charge in [-0.15, -0.1) is 0 Å². The van der Waals surface area contributed by atoms with Crippen molar-refractivity contribution >= 4 is 17.5 Å². The maximum absolute atomic E-state index is 12.0. The van der Waals surface area contributed by atoms with Crippen LogP contribution in [-0.2, 0) is 9.47 Å². The Kier molecular flexibility index (Phi) is 5.60. The number of amidine groups is 1. The van der Waals surface area contributed by atoms with Gasteiger partial charge in [0.2, 0.25) is 0 Å². The molecule has 0 aliphatic carbocycles. The van der Waals surface area contributed by atoms with E-state index in [2.05, 4.69) is 11.0 Å². The highest BCUT2D eigenvalue weighted by Gasteiger charge is 2.24. The number of fused-ring (bicyclic) bond motifs is 2. The number of rotatable bonds is 3. The van der Waals surface area contributed by atoms with Crippen molar-refractivity contribution in [1.82, 2.24) is 4.90 Å². The summed E-state index contributed by atoms with van der Waals surface area (Å²) in [4.78, 5) is 19.2. The first-order valence-electron chi connectivity index (χ1n) is 10.8. The third-order valence-corrected chi connectivity index (χ3v) is 5.57. The number of para-hydroxylation sites is 2. The Morgan fingerprint density at radius 2 is 1.72 bits per heavy atom. The maximum Gasteiger partial charge on any atom is 0.338 e. The molecule has 3 aromatic rings. The van der Waals surface area contributed by atoms with Crippen LogP contribution in [0.3, 0.4) is 0 Å². The van der Waals surface area contributed by atoms with Gasteiger partial charge in [-0.2, -0.15) is 0 Å². The van der Waals surface area contributed by atoms with Gasteiger partial charge in [0.25, 0.3) is 0 Å². The summed E-state index contributed by atoms with van der Waals surface area (Å²) in [6, 6.07) is 21.4. The van der Waals surface area contributed by atoms with Crippen LogP contribution in [-0.4, -0.2) is 49.6 Å². The van der Waals surface area contributed by atoms with Crippen molar-refractivity contribution in [3.8, 4) is 22.6 Å². The zero-order valence-corrected chi connectivity index (χ0v) is 17.9. The van der Waals surface area contributed by atoms with E-state index in [1.165, 1.54) is 0 Å². The molecule has 6 heteroatoms. The number of benzene rings is 3. The van der Waals surface area contributed by atoms with Crippen LogP contribution >= 0.6 is 0 Å². The van der Waals surface area contributed by atoms with Crippen molar-refractivity contribution in [3.05, 3.63) is 77.9 Å². The lowest BCUT2D eigenvalue weighted by molar-refractivity contribution is 0.0526. The third-order valence-electron chi connectivity index (χ3n) is 5.57. The smallest absolute Gasteiger partial charge is 0.338 e. The normalized spacial score (nSPS) is 15.0. The third kappa shape index (κ3) is 3.97. The molecule has 5 rings (SSSR count). The monoisotopic (exact) mass is 428 g/mol. The summed E-state index contributed by atoms with van der Waals surface area (Å²) < 4.78 is 16.9. The van der Waals surface area contributed by atoms with Gasteiger partial charge in [0.05, 0.1) is 30.9 Å². The number of ether oxygens (including phenoxy) is 3. The van der Waals surface area contributed by atoms with E-state index in [1.807, 2.05) is 48.5 Å². The highest BCUT2D eigenvalue weighted by Crippen LogP contribution is 2.39. The summed E-state index contributed by atoms with van der Waals surface area (Å²) in [5, 5.41) is 0. The molecule has 0 spiro atoms. The lowest BCUT2D eigenvalue weighted by Crippen LogP contribution is -2.41. The summed E-state index contributed by atoms with van der Waals surface area (Å²) in [6.07, 6.45) is 0. The number of morpholine rings is 1. The van der Waals surface area contributed by atoms with E-state index in [9.17, 15) is 4.79 Å². The minimum absolute atomic E-state index is 0.311. The Hall–Kier alpha value is -3.64. The Balaban J connectivity index is 1.55. The number of nitrogens with zero attached hydrogens (tertiary/aromatic N) is 2. The fraction of sp³-hybridized carbons (Fsp3) is 0.231. The molecule has 1 saturated heterocycles. The fourth-order valence-corrected chi connectivity index (χ4v) is 3.93. The molecule has 2 aliphatic rings. The molecule has 0 radical (unpaired) electrons. The van der Waals surface area contributed by atoms with Crippen LogP contribution in [0, 0.1) is 0 Å². The number of aliphatic imine (C=N–C) groups is 1. The second kappa shape index (κ2) is 8.85. The molecule has 0 aromatic heterocycles. The van der Waals surface area contributed by atoms with Crippen molar-refractivity contribution in [2.75, 3.05) is 32.9 Å². The molecule has 2 aliphatic heterocycles. The zero-order valence-electron chi connectivity index (χ0n) is 17.9. The summed E-state index contributed by atoms with van der Waals surface area (Å²) in [7, 11) is 0. The quantitative estimate of drug-likeness (QED) is 0.547. The molecule has 162 valence electrons. The average Bonchev–Trinajstić information content (AvgIpc) is 3.01. The van der Waals surface area contributed by atoms with Crippen molar-refractivity contribution in [3.63, 3.8) is 0 Å². The second-order valence-electron chi connectivity index (χ2n) is 7.61. The number of carbonyl (C=O) groups excluding carboxylic acids is 1. The number of carbonyl (C=O) groups is 1. The SMILES string of the molecule is CCOC(=O)c1ccc(-c2ccc3c(c2)C(N2CCOCC2)=Nc2ccccc2O3)cc1. The van der Waals surface area contributed by atoms with Gasteiger partial charge in [0, 0.05) is 13.1 Å². The molecular formula is C26H24N2O4. The molecule has 3 aromatic carbocycles. The number of hydrogen-bond donors (Lipinski definition) is 0. The molecule has 2 heterocycles. The van der Waals surface area contributed by atoms with Gasteiger partial charge in [0.15, 0.2) is 5.75 Å².